The molecule has 128 valence electrons. The van der Waals surface area contributed by atoms with Gasteiger partial charge in [0.15, 0.2) is 0 Å². The quantitative estimate of drug-likeness (QED) is 0.734. The molecule has 0 spiro atoms. The van der Waals surface area contributed by atoms with E-state index in [1.54, 1.807) is 37.4 Å². The van der Waals surface area contributed by atoms with Crippen molar-refractivity contribution in [2.24, 2.45) is 0 Å². The second-order valence-corrected chi connectivity index (χ2v) is 6.71. The van der Waals surface area contributed by atoms with Crippen LogP contribution in [0.15, 0.2) is 36.4 Å². The molecule has 1 N–H and O–H groups in total. The first-order valence-electron chi connectivity index (χ1n) is 7.46. The van der Waals surface area contributed by atoms with Gasteiger partial charge in [-0.05, 0) is 42.8 Å². The van der Waals surface area contributed by atoms with Crippen molar-refractivity contribution < 1.29 is 13.9 Å². The van der Waals surface area contributed by atoms with Crippen LogP contribution in [0, 0.1) is 12.7 Å². The molecule has 24 heavy (non-hydrogen) atoms. The third kappa shape index (κ3) is 4.89. The van der Waals surface area contributed by atoms with E-state index in [0.717, 1.165) is 11.3 Å². The Morgan fingerprint density at radius 1 is 1.33 bits per heavy atom. The summed E-state index contributed by atoms with van der Waals surface area (Å²) in [5, 5.41) is 3.28. The Kier molecular flexibility index (Phi) is 6.94. The fourth-order valence-corrected chi connectivity index (χ4v) is 3.40. The van der Waals surface area contributed by atoms with Crippen LogP contribution in [0.2, 0.25) is 5.02 Å². The van der Waals surface area contributed by atoms with Crippen LogP contribution in [-0.4, -0.2) is 25.3 Å². The fraction of sp³-hybridized carbons (Fsp3) is 0.278. The molecule has 0 aliphatic rings. The van der Waals surface area contributed by atoms with E-state index in [4.69, 9.17) is 16.3 Å². The second kappa shape index (κ2) is 8.94. The monoisotopic (exact) mass is 367 g/mol. The molecule has 0 saturated carbocycles. The minimum absolute atomic E-state index is 0.134. The number of hydrogen-bond acceptors (Lipinski definition) is 3. The number of amides is 1. The lowest BCUT2D eigenvalue weighted by atomic mass is 10.1. The van der Waals surface area contributed by atoms with E-state index in [2.05, 4.69) is 5.32 Å². The maximum absolute atomic E-state index is 13.6. The smallest absolute Gasteiger partial charge is 0.251 e. The molecule has 0 aliphatic carbocycles. The third-order valence-corrected chi connectivity index (χ3v) is 4.84. The molecular formula is C18H19ClFNO2S. The van der Waals surface area contributed by atoms with Crippen molar-refractivity contribution in [2.75, 3.05) is 19.4 Å². The minimum atomic E-state index is -0.298. The highest BCUT2D eigenvalue weighted by Gasteiger charge is 2.09. The van der Waals surface area contributed by atoms with E-state index in [-0.39, 0.29) is 11.7 Å². The Morgan fingerprint density at radius 3 is 2.79 bits per heavy atom. The maximum Gasteiger partial charge on any atom is 0.251 e. The van der Waals surface area contributed by atoms with Crippen LogP contribution in [0.3, 0.4) is 0 Å². The van der Waals surface area contributed by atoms with Crippen LogP contribution in [-0.2, 0) is 5.75 Å². The Morgan fingerprint density at radius 2 is 2.12 bits per heavy atom. The topological polar surface area (TPSA) is 38.3 Å². The molecule has 6 heteroatoms. The van der Waals surface area contributed by atoms with Gasteiger partial charge in [-0.15, -0.1) is 0 Å². The second-order valence-electron chi connectivity index (χ2n) is 5.19. The van der Waals surface area contributed by atoms with Crippen LogP contribution < -0.4 is 10.1 Å². The molecule has 0 aromatic heterocycles. The van der Waals surface area contributed by atoms with Gasteiger partial charge in [0.2, 0.25) is 0 Å². The molecule has 2 rings (SSSR count). The lowest BCUT2D eigenvalue weighted by molar-refractivity contribution is 0.0956. The standard InChI is InChI=1S/C18H19ClFNO2S/c1-12-10-13(6-7-17(12)23-2)18(22)21-8-9-24-11-14-15(19)4-3-5-16(14)20/h3-7,10H,8-9,11H2,1-2H3,(H,21,22). The van der Waals surface area contributed by atoms with Crippen molar-refractivity contribution in [3.63, 3.8) is 0 Å². The molecule has 1 amide bonds. The SMILES string of the molecule is COc1ccc(C(=O)NCCSCc2c(F)cccc2Cl)cc1C. The Balaban J connectivity index is 1.78. The molecule has 0 heterocycles. The van der Waals surface area contributed by atoms with Gasteiger partial charge in [0.1, 0.15) is 11.6 Å². The number of carbonyl (C=O) groups is 1. The van der Waals surface area contributed by atoms with Gasteiger partial charge in [0, 0.05) is 34.2 Å². The molecule has 0 fully saturated rings. The Bertz CT molecular complexity index is 704. The summed E-state index contributed by atoms with van der Waals surface area (Å²) < 4.78 is 18.8. The van der Waals surface area contributed by atoms with Gasteiger partial charge in [0.05, 0.1) is 7.11 Å². The highest BCUT2D eigenvalue weighted by molar-refractivity contribution is 7.98. The molecule has 2 aromatic carbocycles. The van der Waals surface area contributed by atoms with Crippen molar-refractivity contribution in [1.29, 1.82) is 0 Å². The summed E-state index contributed by atoms with van der Waals surface area (Å²) in [5.74, 6) is 1.47. The van der Waals surface area contributed by atoms with Crippen LogP contribution in [0.4, 0.5) is 4.39 Å². The summed E-state index contributed by atoms with van der Waals surface area (Å²) in [6.07, 6.45) is 0. The normalized spacial score (nSPS) is 10.5. The van der Waals surface area contributed by atoms with Gasteiger partial charge >= 0.3 is 0 Å². The largest absolute Gasteiger partial charge is 0.496 e. The van der Waals surface area contributed by atoms with E-state index in [0.29, 0.717) is 34.2 Å². The van der Waals surface area contributed by atoms with E-state index < -0.39 is 0 Å². The zero-order valence-corrected chi connectivity index (χ0v) is 15.1. The Labute approximate surface area is 150 Å². The maximum atomic E-state index is 13.6. The first kappa shape index (κ1) is 18.6. The Hall–Kier alpha value is -1.72. The summed E-state index contributed by atoms with van der Waals surface area (Å²) in [7, 11) is 1.60. The van der Waals surface area contributed by atoms with Gasteiger partial charge in [-0.25, -0.2) is 4.39 Å². The van der Waals surface area contributed by atoms with Gasteiger partial charge in [-0.2, -0.15) is 11.8 Å². The molecular weight excluding hydrogens is 349 g/mol. The molecule has 2 aromatic rings. The number of thioether (sulfide) groups is 1. The fourth-order valence-electron chi connectivity index (χ4n) is 2.20. The predicted octanol–water partition coefficient (Wildman–Crippen LogP) is 4.46. The van der Waals surface area contributed by atoms with Crippen LogP contribution >= 0.6 is 23.4 Å². The molecule has 0 bridgehead atoms. The number of halogens is 2. The third-order valence-electron chi connectivity index (χ3n) is 3.50. The van der Waals surface area contributed by atoms with E-state index in [1.807, 2.05) is 6.92 Å². The lowest BCUT2D eigenvalue weighted by Gasteiger charge is -2.09. The first-order valence-corrected chi connectivity index (χ1v) is 8.99. The predicted molar refractivity (Wildman–Crippen MR) is 97.6 cm³/mol. The minimum Gasteiger partial charge on any atom is -0.496 e. The molecule has 3 nitrogen and oxygen atoms in total. The van der Waals surface area contributed by atoms with Crippen molar-refractivity contribution in [3.8, 4) is 5.75 Å². The number of benzene rings is 2. The van der Waals surface area contributed by atoms with E-state index in [9.17, 15) is 9.18 Å². The zero-order chi connectivity index (χ0) is 17.5. The number of hydrogen-bond donors (Lipinski definition) is 1. The van der Waals surface area contributed by atoms with Crippen molar-refractivity contribution in [3.05, 3.63) is 63.9 Å². The molecule has 0 saturated heterocycles. The zero-order valence-electron chi connectivity index (χ0n) is 13.6. The molecule has 0 aliphatic heterocycles. The van der Waals surface area contributed by atoms with Crippen molar-refractivity contribution in [2.45, 2.75) is 12.7 Å². The number of ether oxygens (including phenoxy) is 1. The summed E-state index contributed by atoms with van der Waals surface area (Å²) in [4.78, 5) is 12.1. The summed E-state index contributed by atoms with van der Waals surface area (Å²) >= 11 is 7.50. The van der Waals surface area contributed by atoms with Crippen LogP contribution in [0.5, 0.6) is 5.75 Å². The summed E-state index contributed by atoms with van der Waals surface area (Å²) in [6, 6.07) is 9.96. The molecule has 0 unspecified atom stereocenters. The number of nitrogens with one attached hydrogen (secondary N) is 1. The lowest BCUT2D eigenvalue weighted by Crippen LogP contribution is -2.25. The number of carbonyl (C=O) groups excluding carboxylic acids is 1. The molecule has 0 atom stereocenters. The van der Waals surface area contributed by atoms with Crippen molar-refractivity contribution in [1.82, 2.24) is 5.32 Å². The van der Waals surface area contributed by atoms with E-state index in [1.165, 1.54) is 17.8 Å². The highest BCUT2D eigenvalue weighted by atomic mass is 35.5. The highest BCUT2D eigenvalue weighted by Crippen LogP contribution is 2.23. The van der Waals surface area contributed by atoms with Gasteiger partial charge in [0.25, 0.3) is 5.91 Å². The summed E-state index contributed by atoms with van der Waals surface area (Å²) in [5.41, 5.74) is 2.01. The summed E-state index contributed by atoms with van der Waals surface area (Å²) in [6.45, 7) is 2.39. The van der Waals surface area contributed by atoms with Crippen molar-refractivity contribution >= 4 is 29.3 Å². The van der Waals surface area contributed by atoms with Gasteiger partial charge in [-0.1, -0.05) is 17.7 Å². The average molecular weight is 368 g/mol. The van der Waals surface area contributed by atoms with Crippen LogP contribution in [0.1, 0.15) is 21.5 Å². The van der Waals surface area contributed by atoms with Gasteiger partial charge in [-0.3, -0.25) is 4.79 Å². The number of methoxy groups -OCH3 is 1. The number of aryl methyl sites for hydroxylation is 1. The average Bonchev–Trinajstić information content (AvgIpc) is 2.56. The van der Waals surface area contributed by atoms with Crippen LogP contribution in [0.25, 0.3) is 0 Å². The van der Waals surface area contributed by atoms with Gasteiger partial charge < -0.3 is 10.1 Å². The molecule has 0 radical (unpaired) electrons. The number of rotatable bonds is 7. The first-order chi connectivity index (χ1) is 11.5. The van der Waals surface area contributed by atoms with E-state index >= 15 is 0 Å².